The minimum atomic E-state index is 0.518. The fourth-order valence-corrected chi connectivity index (χ4v) is 2.03. The van der Waals surface area contributed by atoms with Crippen molar-refractivity contribution in [3.05, 3.63) is 42.2 Å². The van der Waals surface area contributed by atoms with Gasteiger partial charge in [-0.05, 0) is 24.4 Å². The Morgan fingerprint density at radius 1 is 0.842 bits per heavy atom. The molecule has 3 rings (SSSR count). The number of benzene rings is 2. The molecule has 0 aliphatic rings. The molecule has 0 bridgehead atoms. The molecule has 0 atom stereocenters. The molecule has 5 heteroatoms. The number of ether oxygens (including phenoxy) is 1. The molecule has 0 saturated carbocycles. The Labute approximate surface area is 110 Å². The summed E-state index contributed by atoms with van der Waals surface area (Å²) < 4.78 is 5.37. The van der Waals surface area contributed by atoms with Gasteiger partial charge in [0.25, 0.3) is 0 Å². The van der Waals surface area contributed by atoms with Gasteiger partial charge in [-0.25, -0.2) is 0 Å². The van der Waals surface area contributed by atoms with Gasteiger partial charge in [0.1, 0.15) is 5.75 Å². The lowest BCUT2D eigenvalue weighted by Crippen LogP contribution is -1.99. The van der Waals surface area contributed by atoms with E-state index in [0.717, 1.165) is 22.1 Å². The Morgan fingerprint density at radius 2 is 1.53 bits per heavy atom. The summed E-state index contributed by atoms with van der Waals surface area (Å²) in [4.78, 5) is 0. The summed E-state index contributed by atoms with van der Waals surface area (Å²) in [7, 11) is 1.66. The first kappa shape index (κ1) is 11.5. The van der Waals surface area contributed by atoms with E-state index in [-0.39, 0.29) is 0 Å². The Hall–Kier alpha value is -2.56. The average molecular weight is 252 g/mol. The first-order valence-corrected chi connectivity index (χ1v) is 5.89. The van der Waals surface area contributed by atoms with Gasteiger partial charge in [-0.2, -0.15) is 0 Å². The molecule has 0 N–H and O–H groups in total. The lowest BCUT2D eigenvalue weighted by molar-refractivity contribution is 0.420. The number of aryl methyl sites for hydroxylation is 1. The normalized spacial score (nSPS) is 10.6. The summed E-state index contributed by atoms with van der Waals surface area (Å²) in [5.41, 5.74) is 0.899. The summed E-state index contributed by atoms with van der Waals surface area (Å²) >= 11 is 0. The fraction of sp³-hybridized carbons (Fsp3) is 0.143. The molecular weight excluding hydrogens is 240 g/mol. The molecule has 0 saturated heterocycles. The summed E-state index contributed by atoms with van der Waals surface area (Å²) in [6.07, 6.45) is 0. The number of fused-ring (bicyclic) bond motifs is 1. The van der Waals surface area contributed by atoms with Crippen LogP contribution >= 0.6 is 0 Å². The lowest BCUT2D eigenvalue weighted by Gasteiger charge is -2.08. The van der Waals surface area contributed by atoms with Crippen molar-refractivity contribution in [1.82, 2.24) is 20.4 Å². The molecule has 94 valence electrons. The Morgan fingerprint density at radius 3 is 2.21 bits per heavy atom. The molecule has 0 fully saturated rings. The molecule has 5 nitrogen and oxygen atoms in total. The zero-order valence-corrected chi connectivity index (χ0v) is 10.7. The molecule has 0 unspecified atom stereocenters. The standard InChI is InChI=1S/C14H12N4O/c1-9-15-17-14(18-16-9)12-7-8-13(19-2)11-6-4-3-5-10(11)12/h3-8H,1-2H3. The largest absolute Gasteiger partial charge is 0.496 e. The number of hydrogen-bond acceptors (Lipinski definition) is 5. The van der Waals surface area contributed by atoms with Crippen LogP contribution in [-0.4, -0.2) is 27.5 Å². The van der Waals surface area contributed by atoms with E-state index in [9.17, 15) is 0 Å². The summed E-state index contributed by atoms with van der Waals surface area (Å²) in [5.74, 6) is 1.90. The van der Waals surface area contributed by atoms with Crippen LogP contribution in [-0.2, 0) is 0 Å². The van der Waals surface area contributed by atoms with Crippen LogP contribution in [0.4, 0.5) is 0 Å². The summed E-state index contributed by atoms with van der Waals surface area (Å²) in [6, 6.07) is 11.8. The van der Waals surface area contributed by atoms with Crippen molar-refractivity contribution in [1.29, 1.82) is 0 Å². The highest BCUT2D eigenvalue weighted by atomic mass is 16.5. The maximum atomic E-state index is 5.37. The van der Waals surface area contributed by atoms with Crippen LogP contribution in [0, 0.1) is 6.92 Å². The minimum absolute atomic E-state index is 0.518. The van der Waals surface area contributed by atoms with Crippen LogP contribution in [0.25, 0.3) is 22.2 Å². The predicted octanol–water partition coefficient (Wildman–Crippen LogP) is 2.40. The minimum Gasteiger partial charge on any atom is -0.496 e. The van der Waals surface area contributed by atoms with Crippen LogP contribution < -0.4 is 4.74 Å². The van der Waals surface area contributed by atoms with Crippen LogP contribution in [0.2, 0.25) is 0 Å². The van der Waals surface area contributed by atoms with E-state index < -0.39 is 0 Å². The monoisotopic (exact) mass is 252 g/mol. The topological polar surface area (TPSA) is 60.8 Å². The number of nitrogens with zero attached hydrogens (tertiary/aromatic N) is 4. The molecule has 0 radical (unpaired) electrons. The smallest absolute Gasteiger partial charge is 0.204 e. The zero-order chi connectivity index (χ0) is 13.2. The molecule has 0 aliphatic heterocycles. The molecule has 0 spiro atoms. The van der Waals surface area contributed by atoms with E-state index in [4.69, 9.17) is 4.74 Å². The fourth-order valence-electron chi connectivity index (χ4n) is 2.03. The number of aromatic nitrogens is 4. The number of rotatable bonds is 2. The van der Waals surface area contributed by atoms with Gasteiger partial charge < -0.3 is 4.74 Å². The highest BCUT2D eigenvalue weighted by Gasteiger charge is 2.10. The van der Waals surface area contributed by atoms with Gasteiger partial charge >= 0.3 is 0 Å². The lowest BCUT2D eigenvalue weighted by atomic mass is 10.0. The SMILES string of the molecule is COc1ccc(-c2nnc(C)nn2)c2ccccc12. The zero-order valence-electron chi connectivity index (χ0n) is 10.7. The third-order valence-corrected chi connectivity index (χ3v) is 2.92. The molecule has 1 aromatic heterocycles. The highest BCUT2D eigenvalue weighted by Crippen LogP contribution is 2.32. The van der Waals surface area contributed by atoms with Gasteiger partial charge in [0.15, 0.2) is 5.82 Å². The van der Waals surface area contributed by atoms with Gasteiger partial charge in [-0.3, -0.25) is 0 Å². The van der Waals surface area contributed by atoms with Crippen molar-refractivity contribution >= 4 is 10.8 Å². The average Bonchev–Trinajstić information content (AvgIpc) is 2.47. The van der Waals surface area contributed by atoms with Crippen molar-refractivity contribution < 1.29 is 4.74 Å². The van der Waals surface area contributed by atoms with Crippen molar-refractivity contribution in [2.24, 2.45) is 0 Å². The summed E-state index contributed by atoms with van der Waals surface area (Å²) in [6.45, 7) is 1.76. The van der Waals surface area contributed by atoms with Crippen LogP contribution in [0.3, 0.4) is 0 Å². The van der Waals surface area contributed by atoms with Gasteiger partial charge in [0, 0.05) is 10.9 Å². The van der Waals surface area contributed by atoms with Crippen LogP contribution in [0.1, 0.15) is 5.82 Å². The number of methoxy groups -OCH3 is 1. The predicted molar refractivity (Wildman–Crippen MR) is 71.9 cm³/mol. The quantitative estimate of drug-likeness (QED) is 0.700. The second-order valence-corrected chi connectivity index (χ2v) is 4.13. The van der Waals surface area contributed by atoms with Gasteiger partial charge in [0.05, 0.1) is 7.11 Å². The van der Waals surface area contributed by atoms with E-state index in [0.29, 0.717) is 11.6 Å². The molecule has 19 heavy (non-hydrogen) atoms. The maximum absolute atomic E-state index is 5.37. The second-order valence-electron chi connectivity index (χ2n) is 4.13. The molecule has 0 amide bonds. The van der Waals surface area contributed by atoms with Crippen molar-refractivity contribution in [2.75, 3.05) is 7.11 Å². The van der Waals surface area contributed by atoms with Crippen molar-refractivity contribution in [3.63, 3.8) is 0 Å². The van der Waals surface area contributed by atoms with Crippen molar-refractivity contribution in [2.45, 2.75) is 6.92 Å². The van der Waals surface area contributed by atoms with Crippen LogP contribution in [0.5, 0.6) is 5.75 Å². The van der Waals surface area contributed by atoms with Gasteiger partial charge in [-0.1, -0.05) is 24.3 Å². The third-order valence-electron chi connectivity index (χ3n) is 2.92. The number of hydrogen-bond donors (Lipinski definition) is 0. The third kappa shape index (κ3) is 1.99. The maximum Gasteiger partial charge on any atom is 0.204 e. The highest BCUT2D eigenvalue weighted by molar-refractivity contribution is 5.98. The Bertz CT molecular complexity index is 725. The first-order chi connectivity index (χ1) is 9.29. The van der Waals surface area contributed by atoms with Gasteiger partial charge in [-0.15, -0.1) is 20.4 Å². The van der Waals surface area contributed by atoms with Crippen LogP contribution in [0.15, 0.2) is 36.4 Å². The first-order valence-electron chi connectivity index (χ1n) is 5.89. The molecular formula is C14H12N4O. The molecule has 3 aromatic rings. The molecule has 1 heterocycles. The van der Waals surface area contributed by atoms with Gasteiger partial charge in [0.2, 0.25) is 5.82 Å². The Balaban J connectivity index is 2.27. The van der Waals surface area contributed by atoms with E-state index >= 15 is 0 Å². The van der Waals surface area contributed by atoms with Crippen molar-refractivity contribution in [3.8, 4) is 17.1 Å². The molecule has 0 aliphatic carbocycles. The Kier molecular flexibility index (Phi) is 2.79. The van der Waals surface area contributed by atoms with E-state index in [1.807, 2.05) is 36.4 Å². The van der Waals surface area contributed by atoms with E-state index in [2.05, 4.69) is 20.4 Å². The van der Waals surface area contributed by atoms with E-state index in [1.54, 1.807) is 14.0 Å². The van der Waals surface area contributed by atoms with E-state index in [1.165, 1.54) is 0 Å². The summed E-state index contributed by atoms with van der Waals surface area (Å²) in [5, 5.41) is 18.1. The molecule has 2 aromatic carbocycles. The second kappa shape index (κ2) is 4.61.